The van der Waals surface area contributed by atoms with Crippen LogP contribution in [0, 0.1) is 11.3 Å². The first-order valence-electron chi connectivity index (χ1n) is 5.54. The van der Waals surface area contributed by atoms with Gasteiger partial charge >= 0.3 is 0 Å². The van der Waals surface area contributed by atoms with Crippen LogP contribution in [0.3, 0.4) is 0 Å². The van der Waals surface area contributed by atoms with E-state index in [0.29, 0.717) is 11.3 Å². The standard InChI is InChI=1S/C13H26O/c1-8-12(4,5)10-11(3)13(6,7)14-9-2/h9,11H,2,8,10H2,1,3-7H3. The molecule has 14 heavy (non-hydrogen) atoms. The summed E-state index contributed by atoms with van der Waals surface area (Å²) in [5.41, 5.74) is 0.301. The van der Waals surface area contributed by atoms with Crippen molar-refractivity contribution in [2.45, 2.75) is 60.0 Å². The number of ether oxygens (including phenoxy) is 1. The van der Waals surface area contributed by atoms with E-state index in [1.165, 1.54) is 12.8 Å². The smallest absolute Gasteiger partial charge is 0.105 e. The Morgan fingerprint density at radius 3 is 2.14 bits per heavy atom. The molecule has 0 saturated carbocycles. The van der Waals surface area contributed by atoms with E-state index in [9.17, 15) is 0 Å². The molecule has 0 amide bonds. The van der Waals surface area contributed by atoms with Gasteiger partial charge in [0, 0.05) is 0 Å². The average molecular weight is 198 g/mol. The molecule has 0 aromatic heterocycles. The Bertz CT molecular complexity index is 180. The van der Waals surface area contributed by atoms with Crippen LogP contribution in [0.4, 0.5) is 0 Å². The molecule has 0 aromatic carbocycles. The number of hydrogen-bond acceptors (Lipinski definition) is 1. The van der Waals surface area contributed by atoms with Crippen molar-refractivity contribution in [3.63, 3.8) is 0 Å². The molecule has 1 nitrogen and oxygen atoms in total. The molecule has 0 radical (unpaired) electrons. The third-order valence-corrected chi connectivity index (χ3v) is 3.39. The van der Waals surface area contributed by atoms with Crippen molar-refractivity contribution in [2.75, 3.05) is 0 Å². The molecule has 0 aliphatic heterocycles. The van der Waals surface area contributed by atoms with Crippen molar-refractivity contribution in [1.82, 2.24) is 0 Å². The van der Waals surface area contributed by atoms with Gasteiger partial charge < -0.3 is 4.74 Å². The van der Waals surface area contributed by atoms with Gasteiger partial charge in [-0.05, 0) is 31.6 Å². The molecule has 0 aromatic rings. The van der Waals surface area contributed by atoms with Crippen LogP contribution < -0.4 is 0 Å². The molecule has 0 fully saturated rings. The molecule has 0 heterocycles. The van der Waals surface area contributed by atoms with Crippen LogP contribution in [0.5, 0.6) is 0 Å². The van der Waals surface area contributed by atoms with Gasteiger partial charge in [-0.2, -0.15) is 0 Å². The molecule has 0 bridgehead atoms. The second kappa shape index (κ2) is 4.86. The lowest BCUT2D eigenvalue weighted by atomic mass is 9.76. The summed E-state index contributed by atoms with van der Waals surface area (Å²) in [5.74, 6) is 0.537. The lowest BCUT2D eigenvalue weighted by molar-refractivity contribution is -0.00857. The molecule has 84 valence electrons. The largest absolute Gasteiger partial charge is 0.496 e. The summed E-state index contributed by atoms with van der Waals surface area (Å²) in [7, 11) is 0. The Morgan fingerprint density at radius 1 is 1.29 bits per heavy atom. The third kappa shape index (κ3) is 4.17. The highest BCUT2D eigenvalue weighted by Gasteiger charge is 2.31. The lowest BCUT2D eigenvalue weighted by Gasteiger charge is -2.36. The first-order valence-corrected chi connectivity index (χ1v) is 5.54. The third-order valence-electron chi connectivity index (χ3n) is 3.39. The Morgan fingerprint density at radius 2 is 1.79 bits per heavy atom. The number of rotatable bonds is 6. The van der Waals surface area contributed by atoms with Crippen molar-refractivity contribution in [3.05, 3.63) is 12.8 Å². The second-order valence-electron chi connectivity index (χ2n) is 5.51. The average Bonchev–Trinajstić information content (AvgIpc) is 2.03. The lowest BCUT2D eigenvalue weighted by Crippen LogP contribution is -2.34. The second-order valence-corrected chi connectivity index (χ2v) is 5.51. The van der Waals surface area contributed by atoms with Crippen LogP contribution >= 0.6 is 0 Å². The zero-order chi connectivity index (χ0) is 11.4. The van der Waals surface area contributed by atoms with Crippen molar-refractivity contribution in [1.29, 1.82) is 0 Å². The molecule has 1 heteroatoms. The highest BCUT2D eigenvalue weighted by Crippen LogP contribution is 2.35. The van der Waals surface area contributed by atoms with Gasteiger partial charge in [0.15, 0.2) is 0 Å². The highest BCUT2D eigenvalue weighted by molar-refractivity contribution is 4.83. The molecule has 0 spiro atoms. The molecular weight excluding hydrogens is 172 g/mol. The summed E-state index contributed by atoms with van der Waals surface area (Å²) in [6, 6.07) is 0. The van der Waals surface area contributed by atoms with Gasteiger partial charge in [-0.3, -0.25) is 0 Å². The Hall–Kier alpha value is -0.460. The predicted molar refractivity (Wildman–Crippen MR) is 63.2 cm³/mol. The minimum atomic E-state index is -0.103. The van der Waals surface area contributed by atoms with E-state index in [4.69, 9.17) is 4.74 Å². The van der Waals surface area contributed by atoms with E-state index in [1.807, 2.05) is 0 Å². The van der Waals surface area contributed by atoms with Crippen molar-refractivity contribution in [3.8, 4) is 0 Å². The Labute approximate surface area is 89.5 Å². The quantitative estimate of drug-likeness (QED) is 0.575. The van der Waals surface area contributed by atoms with Gasteiger partial charge in [0.25, 0.3) is 0 Å². The summed E-state index contributed by atoms with van der Waals surface area (Å²) in [6.45, 7) is 17.0. The molecular formula is C13H26O. The summed E-state index contributed by atoms with van der Waals surface area (Å²) in [5, 5.41) is 0. The fourth-order valence-corrected chi connectivity index (χ4v) is 1.55. The molecule has 0 rings (SSSR count). The van der Waals surface area contributed by atoms with Crippen LogP contribution in [0.2, 0.25) is 0 Å². The normalized spacial score (nSPS) is 15.0. The van der Waals surface area contributed by atoms with Crippen LogP contribution in [0.15, 0.2) is 12.8 Å². The zero-order valence-electron chi connectivity index (χ0n) is 10.7. The van der Waals surface area contributed by atoms with E-state index in [-0.39, 0.29) is 5.60 Å². The monoisotopic (exact) mass is 198 g/mol. The summed E-state index contributed by atoms with van der Waals surface area (Å²) in [4.78, 5) is 0. The minimum Gasteiger partial charge on any atom is -0.496 e. The number of hydrogen-bond donors (Lipinski definition) is 0. The van der Waals surface area contributed by atoms with Crippen LogP contribution in [0.1, 0.15) is 54.4 Å². The maximum atomic E-state index is 5.55. The van der Waals surface area contributed by atoms with Gasteiger partial charge in [-0.15, -0.1) is 0 Å². The zero-order valence-corrected chi connectivity index (χ0v) is 10.7. The predicted octanol–water partition coefficient (Wildman–Crippen LogP) is 4.39. The van der Waals surface area contributed by atoms with E-state index in [2.05, 4.69) is 48.1 Å². The Kier molecular flexibility index (Phi) is 4.70. The van der Waals surface area contributed by atoms with Crippen molar-refractivity contribution in [2.24, 2.45) is 11.3 Å². The van der Waals surface area contributed by atoms with E-state index in [0.717, 1.165) is 0 Å². The van der Waals surface area contributed by atoms with E-state index >= 15 is 0 Å². The SMILES string of the molecule is C=COC(C)(C)C(C)CC(C)(C)CC. The van der Waals surface area contributed by atoms with Crippen LogP contribution in [0.25, 0.3) is 0 Å². The summed E-state index contributed by atoms with van der Waals surface area (Å²) >= 11 is 0. The fraction of sp³-hybridized carbons (Fsp3) is 0.846. The first kappa shape index (κ1) is 13.5. The minimum absolute atomic E-state index is 0.103. The summed E-state index contributed by atoms with van der Waals surface area (Å²) in [6.07, 6.45) is 3.95. The maximum absolute atomic E-state index is 5.55. The van der Waals surface area contributed by atoms with E-state index in [1.54, 1.807) is 6.26 Å². The van der Waals surface area contributed by atoms with Crippen LogP contribution in [-0.2, 0) is 4.74 Å². The molecule has 0 N–H and O–H groups in total. The van der Waals surface area contributed by atoms with Crippen LogP contribution in [-0.4, -0.2) is 5.60 Å². The Balaban J connectivity index is 4.32. The van der Waals surface area contributed by atoms with Gasteiger partial charge in [0.1, 0.15) is 5.60 Å². The molecule has 1 atom stereocenters. The van der Waals surface area contributed by atoms with Gasteiger partial charge in [0.05, 0.1) is 6.26 Å². The molecule has 0 aliphatic carbocycles. The van der Waals surface area contributed by atoms with Crippen molar-refractivity contribution >= 4 is 0 Å². The molecule has 0 saturated heterocycles. The molecule has 0 aliphatic rings. The summed E-state index contributed by atoms with van der Waals surface area (Å²) < 4.78 is 5.55. The maximum Gasteiger partial charge on any atom is 0.105 e. The first-order chi connectivity index (χ1) is 6.25. The van der Waals surface area contributed by atoms with E-state index < -0.39 is 0 Å². The van der Waals surface area contributed by atoms with Gasteiger partial charge in [0.2, 0.25) is 0 Å². The van der Waals surface area contributed by atoms with Crippen molar-refractivity contribution < 1.29 is 4.74 Å². The highest BCUT2D eigenvalue weighted by atomic mass is 16.5. The van der Waals surface area contributed by atoms with Gasteiger partial charge in [-0.25, -0.2) is 0 Å². The van der Waals surface area contributed by atoms with Gasteiger partial charge in [-0.1, -0.05) is 40.7 Å². The topological polar surface area (TPSA) is 9.23 Å². The molecule has 1 unspecified atom stereocenters. The fourth-order valence-electron chi connectivity index (χ4n) is 1.55.